The van der Waals surface area contributed by atoms with Gasteiger partial charge in [-0.05, 0) is 85.3 Å². The highest BCUT2D eigenvalue weighted by Crippen LogP contribution is 2.31. The fourth-order valence-corrected chi connectivity index (χ4v) is 6.24. The van der Waals surface area contributed by atoms with Gasteiger partial charge in [0.1, 0.15) is 11.4 Å². The molecule has 0 bridgehead atoms. The Kier molecular flexibility index (Phi) is 9.88. The van der Waals surface area contributed by atoms with E-state index in [1.165, 1.54) is 17.3 Å². The first-order valence-corrected chi connectivity index (χ1v) is 16.5. The molecule has 1 heterocycles. The molecule has 48 heavy (non-hydrogen) atoms. The van der Waals surface area contributed by atoms with E-state index in [2.05, 4.69) is 39.6 Å². The Labute approximate surface area is 282 Å². The third-order valence-corrected chi connectivity index (χ3v) is 8.78. The lowest BCUT2D eigenvalue weighted by Crippen LogP contribution is -2.30. The van der Waals surface area contributed by atoms with Crippen LogP contribution >= 0.6 is 11.8 Å². The zero-order chi connectivity index (χ0) is 33.5. The molecule has 1 aromatic heterocycles. The number of benzene rings is 5. The minimum Gasteiger partial charge on any atom is -0.497 e. The van der Waals surface area contributed by atoms with Gasteiger partial charge < -0.3 is 25.3 Å². The summed E-state index contributed by atoms with van der Waals surface area (Å²) < 4.78 is 7.51. The normalized spacial score (nSPS) is 11.3. The number of ether oxygens (including phenoxy) is 1. The number of methoxy groups -OCH3 is 1. The van der Waals surface area contributed by atoms with Crippen LogP contribution in [-0.2, 0) is 16.1 Å². The Morgan fingerprint density at radius 1 is 0.750 bits per heavy atom. The van der Waals surface area contributed by atoms with Crippen molar-refractivity contribution in [3.63, 3.8) is 0 Å². The number of nitrogens with zero attached hydrogens (tertiary/aromatic N) is 1. The number of para-hydroxylation sites is 1. The Hall–Kier alpha value is -5.80. The van der Waals surface area contributed by atoms with Crippen molar-refractivity contribution in [1.82, 2.24) is 9.88 Å². The molecule has 8 nitrogen and oxygen atoms in total. The van der Waals surface area contributed by atoms with Crippen molar-refractivity contribution in [2.45, 2.75) is 18.4 Å². The van der Waals surface area contributed by atoms with Crippen molar-refractivity contribution in [3.05, 3.63) is 138 Å². The summed E-state index contributed by atoms with van der Waals surface area (Å²) in [6, 6.07) is 37.4. The molecule has 240 valence electrons. The molecule has 3 amide bonds. The first-order chi connectivity index (χ1) is 23.4. The van der Waals surface area contributed by atoms with Gasteiger partial charge in [-0.1, -0.05) is 54.6 Å². The Morgan fingerprint density at radius 2 is 1.48 bits per heavy atom. The second-order valence-electron chi connectivity index (χ2n) is 11.0. The van der Waals surface area contributed by atoms with Crippen LogP contribution in [0, 0.1) is 0 Å². The first-order valence-electron chi connectivity index (χ1n) is 15.5. The van der Waals surface area contributed by atoms with E-state index in [4.69, 9.17) is 4.74 Å². The molecule has 0 radical (unpaired) electrons. The Morgan fingerprint density at radius 3 is 2.25 bits per heavy atom. The summed E-state index contributed by atoms with van der Waals surface area (Å²) in [6.45, 7) is 2.98. The minimum absolute atomic E-state index is 0.0745. The SMILES string of the molecule is CCn1c2ccccc2c2cc(NC(=O)CSc3cccc(NC(=O)/C(=C\c4ccc(OC)cc4)NC(=O)c4ccccc4)c3)ccc21. The molecule has 9 heteroatoms. The number of rotatable bonds is 11. The highest BCUT2D eigenvalue weighted by molar-refractivity contribution is 8.00. The van der Waals surface area contributed by atoms with Crippen molar-refractivity contribution in [2.24, 2.45) is 0 Å². The van der Waals surface area contributed by atoms with E-state index < -0.39 is 11.8 Å². The molecule has 0 unspecified atom stereocenters. The Bertz CT molecular complexity index is 2140. The predicted molar refractivity (Wildman–Crippen MR) is 194 cm³/mol. The molecule has 0 spiro atoms. The number of fused-ring (bicyclic) bond motifs is 3. The molecule has 6 aromatic rings. The van der Waals surface area contributed by atoms with Crippen molar-refractivity contribution in [3.8, 4) is 5.75 Å². The van der Waals surface area contributed by atoms with Gasteiger partial charge in [0.15, 0.2) is 0 Å². The molecule has 3 N–H and O–H groups in total. The van der Waals surface area contributed by atoms with Crippen molar-refractivity contribution < 1.29 is 19.1 Å². The average Bonchev–Trinajstić information content (AvgIpc) is 3.44. The summed E-state index contributed by atoms with van der Waals surface area (Å²) in [6.07, 6.45) is 1.61. The molecule has 0 aliphatic carbocycles. The number of amides is 3. The second kappa shape index (κ2) is 14.7. The van der Waals surface area contributed by atoms with Gasteiger partial charge >= 0.3 is 0 Å². The van der Waals surface area contributed by atoms with Crippen LogP contribution in [-0.4, -0.2) is 35.2 Å². The van der Waals surface area contributed by atoms with Crippen LogP contribution in [0.3, 0.4) is 0 Å². The molecule has 0 atom stereocenters. The number of nitrogens with one attached hydrogen (secondary N) is 3. The summed E-state index contributed by atoms with van der Waals surface area (Å²) in [5, 5.41) is 10.9. The van der Waals surface area contributed by atoms with E-state index in [1.807, 2.05) is 48.5 Å². The maximum Gasteiger partial charge on any atom is 0.272 e. The predicted octanol–water partition coefficient (Wildman–Crippen LogP) is 7.96. The van der Waals surface area contributed by atoms with Gasteiger partial charge in [0.25, 0.3) is 11.8 Å². The van der Waals surface area contributed by atoms with Crippen LogP contribution in [0.15, 0.2) is 132 Å². The van der Waals surface area contributed by atoms with Crippen molar-refractivity contribution in [1.29, 1.82) is 0 Å². The van der Waals surface area contributed by atoms with Crippen molar-refractivity contribution >= 4 is 68.7 Å². The van der Waals surface area contributed by atoms with E-state index >= 15 is 0 Å². The smallest absolute Gasteiger partial charge is 0.272 e. The standard InChI is InChI=1S/C39H34N4O4S/c1-3-43-35-15-8-7-14-32(35)33-24-29(18-21-36(33)43)40-37(44)25-48-31-13-9-12-28(23-31)41-39(46)34(22-26-16-19-30(47-2)20-17-26)42-38(45)27-10-5-4-6-11-27/h4-24H,3,25H2,1-2H3,(H,40,44)(H,41,46)(H,42,45)/b34-22+. The lowest BCUT2D eigenvalue weighted by molar-refractivity contribution is -0.114. The fourth-order valence-electron chi connectivity index (χ4n) is 5.49. The highest BCUT2D eigenvalue weighted by atomic mass is 32.2. The van der Waals surface area contributed by atoms with Gasteiger partial charge in [-0.25, -0.2) is 0 Å². The topological polar surface area (TPSA) is 101 Å². The largest absolute Gasteiger partial charge is 0.497 e. The van der Waals surface area contributed by atoms with Crippen LogP contribution in [0.1, 0.15) is 22.8 Å². The number of anilines is 2. The minimum atomic E-state index is -0.491. The van der Waals surface area contributed by atoms with Gasteiger partial charge in [0.05, 0.1) is 12.9 Å². The molecule has 0 aliphatic heterocycles. The van der Waals surface area contributed by atoms with Gasteiger partial charge in [0.2, 0.25) is 5.91 Å². The zero-order valence-electron chi connectivity index (χ0n) is 26.5. The lowest BCUT2D eigenvalue weighted by Gasteiger charge is -2.12. The Balaban J connectivity index is 1.13. The van der Waals surface area contributed by atoms with Crippen LogP contribution in [0.5, 0.6) is 5.75 Å². The van der Waals surface area contributed by atoms with Crippen LogP contribution in [0.4, 0.5) is 11.4 Å². The molecule has 0 aliphatic rings. The van der Waals surface area contributed by atoms with E-state index in [9.17, 15) is 14.4 Å². The number of carbonyl (C=O) groups excluding carboxylic acids is 3. The van der Waals surface area contributed by atoms with Crippen LogP contribution in [0.2, 0.25) is 0 Å². The molecular formula is C39H34N4O4S. The number of carbonyl (C=O) groups is 3. The third kappa shape index (κ3) is 7.43. The summed E-state index contributed by atoms with van der Waals surface area (Å²) in [7, 11) is 1.58. The molecule has 0 saturated carbocycles. The number of thioether (sulfide) groups is 1. The molecule has 0 saturated heterocycles. The van der Waals surface area contributed by atoms with E-state index in [-0.39, 0.29) is 17.4 Å². The molecule has 5 aromatic carbocycles. The maximum absolute atomic E-state index is 13.5. The zero-order valence-corrected chi connectivity index (χ0v) is 27.3. The summed E-state index contributed by atoms with van der Waals surface area (Å²) in [4.78, 5) is 40.2. The highest BCUT2D eigenvalue weighted by Gasteiger charge is 2.16. The first kappa shape index (κ1) is 32.2. The number of aromatic nitrogens is 1. The van der Waals surface area contributed by atoms with Crippen molar-refractivity contribution in [2.75, 3.05) is 23.5 Å². The third-order valence-electron chi connectivity index (χ3n) is 7.79. The number of hydrogen-bond donors (Lipinski definition) is 3. The summed E-state index contributed by atoms with van der Waals surface area (Å²) >= 11 is 1.36. The summed E-state index contributed by atoms with van der Waals surface area (Å²) in [5.41, 5.74) is 4.77. The van der Waals surface area contributed by atoms with Gasteiger partial charge in [-0.2, -0.15) is 0 Å². The van der Waals surface area contributed by atoms with E-state index in [0.29, 0.717) is 22.6 Å². The van der Waals surface area contributed by atoms with E-state index in [0.717, 1.165) is 33.4 Å². The summed E-state index contributed by atoms with van der Waals surface area (Å²) in [5.74, 6) is -0.176. The molecule has 0 fully saturated rings. The van der Waals surface area contributed by atoms with Crippen LogP contribution < -0.4 is 20.7 Å². The fraction of sp³-hybridized carbons (Fsp3) is 0.103. The van der Waals surface area contributed by atoms with E-state index in [1.54, 1.807) is 73.8 Å². The maximum atomic E-state index is 13.5. The average molecular weight is 655 g/mol. The lowest BCUT2D eigenvalue weighted by atomic mass is 10.1. The quantitative estimate of drug-likeness (QED) is 0.0972. The van der Waals surface area contributed by atoms with Crippen LogP contribution in [0.25, 0.3) is 27.9 Å². The second-order valence-corrected chi connectivity index (χ2v) is 12.0. The monoisotopic (exact) mass is 654 g/mol. The number of hydrogen-bond acceptors (Lipinski definition) is 5. The molecule has 6 rings (SSSR count). The molecular weight excluding hydrogens is 621 g/mol. The number of aryl methyl sites for hydroxylation is 1. The van der Waals surface area contributed by atoms with Gasteiger partial charge in [-0.15, -0.1) is 11.8 Å². The van der Waals surface area contributed by atoms with Gasteiger partial charge in [0, 0.05) is 50.2 Å². The van der Waals surface area contributed by atoms with Gasteiger partial charge in [-0.3, -0.25) is 14.4 Å².